The van der Waals surface area contributed by atoms with E-state index in [0.29, 0.717) is 42.0 Å². The molecule has 0 spiro atoms. The third-order valence-electron chi connectivity index (χ3n) is 8.74. The summed E-state index contributed by atoms with van der Waals surface area (Å²) in [5.41, 5.74) is 10.8. The van der Waals surface area contributed by atoms with E-state index in [2.05, 4.69) is 36.6 Å². The highest BCUT2D eigenvalue weighted by Gasteiger charge is 2.29. The fourth-order valence-corrected chi connectivity index (χ4v) is 5.76. The van der Waals surface area contributed by atoms with Crippen molar-refractivity contribution in [3.05, 3.63) is 83.9 Å². The average molecular weight is 643 g/mol. The van der Waals surface area contributed by atoms with Crippen molar-refractivity contribution in [2.75, 3.05) is 11.9 Å². The number of halogens is 1. The van der Waals surface area contributed by atoms with Crippen LogP contribution < -0.4 is 21.7 Å². The van der Waals surface area contributed by atoms with Gasteiger partial charge in [-0.25, -0.2) is 5.10 Å². The summed E-state index contributed by atoms with van der Waals surface area (Å²) in [5.74, 6) is 0.425. The van der Waals surface area contributed by atoms with E-state index in [4.69, 9.17) is 5.73 Å². The largest absolute Gasteiger partial charge is 0.349 e. The number of hydrogen-bond acceptors (Lipinski definition) is 7. The Labute approximate surface area is 273 Å². The number of rotatable bonds is 11. The highest BCUT2D eigenvalue weighted by Crippen LogP contribution is 2.29. The molecule has 4 aromatic rings. The summed E-state index contributed by atoms with van der Waals surface area (Å²) in [6, 6.07) is 22.2. The molecule has 6 rings (SSSR count). The maximum absolute atomic E-state index is 13.6. The summed E-state index contributed by atoms with van der Waals surface area (Å²) in [5, 5.41) is 22.9. The Kier molecular flexibility index (Phi) is 10.8. The van der Waals surface area contributed by atoms with Crippen molar-refractivity contribution in [2.45, 2.75) is 57.0 Å². The van der Waals surface area contributed by atoms with E-state index in [1.807, 2.05) is 60.7 Å². The van der Waals surface area contributed by atoms with Gasteiger partial charge in [-0.15, -0.1) is 17.5 Å². The maximum Gasteiger partial charge on any atom is 0.251 e. The molecule has 240 valence electrons. The van der Waals surface area contributed by atoms with Gasteiger partial charge in [-0.1, -0.05) is 36.4 Å². The maximum atomic E-state index is 13.6. The lowest BCUT2D eigenvalue weighted by Gasteiger charge is -2.28. The van der Waals surface area contributed by atoms with E-state index in [0.717, 1.165) is 60.8 Å². The highest BCUT2D eigenvalue weighted by atomic mass is 35.5. The summed E-state index contributed by atoms with van der Waals surface area (Å²) in [6.07, 6.45) is 5.82. The molecule has 0 saturated heterocycles. The zero-order valence-corrected chi connectivity index (χ0v) is 26.3. The molecule has 12 heteroatoms. The van der Waals surface area contributed by atoms with E-state index in [-0.39, 0.29) is 36.0 Å². The zero-order chi connectivity index (χ0) is 31.2. The van der Waals surface area contributed by atoms with Crippen LogP contribution in [-0.4, -0.2) is 57.0 Å². The van der Waals surface area contributed by atoms with Gasteiger partial charge in [-0.3, -0.25) is 14.4 Å². The topological polar surface area (TPSA) is 168 Å². The molecule has 46 heavy (non-hydrogen) atoms. The van der Waals surface area contributed by atoms with Crippen molar-refractivity contribution in [1.29, 1.82) is 0 Å². The minimum atomic E-state index is -0.766. The molecule has 6 N–H and O–H groups in total. The Morgan fingerprint density at radius 1 is 0.826 bits per heavy atom. The lowest BCUT2D eigenvalue weighted by atomic mass is 9.81. The smallest absolute Gasteiger partial charge is 0.251 e. The van der Waals surface area contributed by atoms with Gasteiger partial charge in [0.25, 0.3) is 5.91 Å². The summed E-state index contributed by atoms with van der Waals surface area (Å²) in [4.78, 5) is 39.3. The van der Waals surface area contributed by atoms with Gasteiger partial charge in [0.1, 0.15) is 6.04 Å². The van der Waals surface area contributed by atoms with E-state index < -0.39 is 6.04 Å². The molecule has 1 atom stereocenters. The van der Waals surface area contributed by atoms with Crippen molar-refractivity contribution in [1.82, 2.24) is 31.3 Å². The zero-order valence-electron chi connectivity index (χ0n) is 25.4. The number of anilines is 1. The Morgan fingerprint density at radius 3 is 2.04 bits per heavy atom. The molecular weight excluding hydrogens is 604 g/mol. The van der Waals surface area contributed by atoms with Gasteiger partial charge in [0.05, 0.1) is 0 Å². The number of aromatic nitrogens is 4. The predicted octanol–water partition coefficient (Wildman–Crippen LogP) is 4.28. The molecular formula is C34H39ClN8O3. The molecule has 2 aliphatic rings. The van der Waals surface area contributed by atoms with Crippen LogP contribution in [0.1, 0.15) is 54.4 Å². The second-order valence-electron chi connectivity index (χ2n) is 12.1. The first-order chi connectivity index (χ1) is 21.9. The van der Waals surface area contributed by atoms with Crippen LogP contribution in [0.4, 0.5) is 5.69 Å². The monoisotopic (exact) mass is 642 g/mol. The number of nitrogens with two attached hydrogens (primary N) is 1. The normalized spacial score (nSPS) is 18.1. The predicted molar refractivity (Wildman–Crippen MR) is 178 cm³/mol. The molecule has 3 amide bonds. The van der Waals surface area contributed by atoms with E-state index in [1.165, 1.54) is 0 Å². The second kappa shape index (κ2) is 15.1. The summed E-state index contributed by atoms with van der Waals surface area (Å²) < 4.78 is 0. The standard InChI is InChI=1S/C34H38N8O3.ClH/c35-20-22-3-7-26(8-4-22)33(44)38-30(34(45)37-28-15-13-25(14-16-28)31-39-41-42-40-31)19-21-1-5-23(6-2-21)24-9-11-27(12-10-24)32(43)36-29-17-18-29;/h1-2,5-6,9-16,22,26,29-30H,3-4,7-8,17-20,35H2,(H,36,43)(H,37,45)(H,38,44)(H,39,40,41,42);1H/t22?,26?,30-;/m0./s1. The molecule has 0 aliphatic heterocycles. The highest BCUT2D eigenvalue weighted by molar-refractivity contribution is 5.98. The molecule has 1 aromatic heterocycles. The molecule has 0 radical (unpaired) electrons. The quantitative estimate of drug-likeness (QED) is 0.163. The SMILES string of the molecule is Cl.NCC1CCC(C(=O)N[C@@H](Cc2ccc(-c3ccc(C(=O)NC4CC4)cc3)cc2)C(=O)Nc2ccc(-c3nnn[nH]3)cc2)CC1. The van der Waals surface area contributed by atoms with Gasteiger partial charge < -0.3 is 21.7 Å². The molecule has 2 fully saturated rings. The van der Waals surface area contributed by atoms with Crippen molar-refractivity contribution in [3.8, 4) is 22.5 Å². The van der Waals surface area contributed by atoms with Crippen LogP contribution in [0.5, 0.6) is 0 Å². The third-order valence-corrected chi connectivity index (χ3v) is 8.74. The molecule has 0 unspecified atom stereocenters. The Balaban J connectivity index is 0.00000417. The first-order valence-electron chi connectivity index (χ1n) is 15.6. The molecule has 1 heterocycles. The number of hydrogen-bond donors (Lipinski definition) is 5. The van der Waals surface area contributed by atoms with Crippen LogP contribution in [0.2, 0.25) is 0 Å². The van der Waals surface area contributed by atoms with Crippen LogP contribution in [-0.2, 0) is 16.0 Å². The summed E-state index contributed by atoms with van der Waals surface area (Å²) in [7, 11) is 0. The minimum Gasteiger partial charge on any atom is -0.349 e. The first-order valence-corrected chi connectivity index (χ1v) is 15.6. The Hall–Kier alpha value is -4.61. The van der Waals surface area contributed by atoms with Gasteiger partial charge >= 0.3 is 0 Å². The third kappa shape index (κ3) is 8.35. The Morgan fingerprint density at radius 2 is 1.46 bits per heavy atom. The van der Waals surface area contributed by atoms with Gasteiger partial charge in [-0.05, 0) is 115 Å². The molecule has 2 saturated carbocycles. The minimum absolute atomic E-state index is 0. The number of tetrazole rings is 1. The van der Waals surface area contributed by atoms with Gasteiger partial charge in [0.2, 0.25) is 11.8 Å². The molecule has 0 bridgehead atoms. The van der Waals surface area contributed by atoms with E-state index in [1.54, 1.807) is 12.1 Å². The lowest BCUT2D eigenvalue weighted by Crippen LogP contribution is -2.48. The van der Waals surface area contributed by atoms with Gasteiger partial charge in [0, 0.05) is 35.2 Å². The number of amides is 3. The van der Waals surface area contributed by atoms with Crippen LogP contribution in [0.15, 0.2) is 72.8 Å². The van der Waals surface area contributed by atoms with Crippen molar-refractivity contribution in [3.63, 3.8) is 0 Å². The number of benzene rings is 3. The van der Waals surface area contributed by atoms with Crippen LogP contribution in [0.3, 0.4) is 0 Å². The van der Waals surface area contributed by atoms with E-state index >= 15 is 0 Å². The van der Waals surface area contributed by atoms with Crippen LogP contribution >= 0.6 is 12.4 Å². The summed E-state index contributed by atoms with van der Waals surface area (Å²) >= 11 is 0. The number of aromatic amines is 1. The average Bonchev–Trinajstić information content (AvgIpc) is 3.72. The lowest BCUT2D eigenvalue weighted by molar-refractivity contribution is -0.130. The van der Waals surface area contributed by atoms with Crippen LogP contribution in [0, 0.1) is 11.8 Å². The summed E-state index contributed by atoms with van der Waals surface area (Å²) in [6.45, 7) is 0.640. The second-order valence-corrected chi connectivity index (χ2v) is 12.1. The fraction of sp³-hybridized carbons (Fsp3) is 0.353. The van der Waals surface area contributed by atoms with Gasteiger partial charge in [0.15, 0.2) is 5.82 Å². The number of nitrogens with one attached hydrogen (secondary N) is 4. The number of carbonyl (C=O) groups excluding carboxylic acids is 3. The van der Waals surface area contributed by atoms with E-state index in [9.17, 15) is 14.4 Å². The van der Waals surface area contributed by atoms with Crippen LogP contribution in [0.25, 0.3) is 22.5 Å². The fourth-order valence-electron chi connectivity index (χ4n) is 5.76. The number of nitrogens with zero attached hydrogens (tertiary/aromatic N) is 3. The van der Waals surface area contributed by atoms with Crippen molar-refractivity contribution in [2.24, 2.45) is 17.6 Å². The molecule has 11 nitrogen and oxygen atoms in total. The van der Waals surface area contributed by atoms with Crippen molar-refractivity contribution >= 4 is 35.8 Å². The molecule has 3 aromatic carbocycles. The first kappa shape index (κ1) is 32.8. The molecule has 2 aliphatic carbocycles. The van der Waals surface area contributed by atoms with Crippen molar-refractivity contribution < 1.29 is 14.4 Å². The number of carbonyl (C=O) groups is 3. The number of H-pyrrole nitrogens is 1. The van der Waals surface area contributed by atoms with Gasteiger partial charge in [-0.2, -0.15) is 0 Å². The Bertz CT molecular complexity index is 1600.